The first-order valence-electron chi connectivity index (χ1n) is 13.3. The molecule has 6 amide bonds. The smallest absolute Gasteiger partial charge is 0.362 e. The van der Waals surface area contributed by atoms with E-state index in [-0.39, 0.29) is 19.0 Å². The van der Waals surface area contributed by atoms with Crippen LogP contribution in [0.2, 0.25) is 0 Å². The second-order valence-corrected chi connectivity index (χ2v) is 11.4. The Labute approximate surface area is 236 Å². The molecule has 14 nitrogen and oxygen atoms in total. The van der Waals surface area contributed by atoms with Gasteiger partial charge in [-0.1, -0.05) is 49.6 Å². The van der Waals surface area contributed by atoms with Crippen molar-refractivity contribution in [3.63, 3.8) is 0 Å². The molecule has 1 aliphatic carbocycles. The first-order valence-corrected chi connectivity index (χ1v) is 14.7. The van der Waals surface area contributed by atoms with Gasteiger partial charge >= 0.3 is 22.4 Å². The number of nitrogens with one attached hydrogen (secondary N) is 2. The number of furan rings is 1. The van der Waals surface area contributed by atoms with Crippen LogP contribution in [0.5, 0.6) is 0 Å². The Kier molecular flexibility index (Phi) is 8.08. The van der Waals surface area contributed by atoms with Gasteiger partial charge in [0.05, 0.1) is 31.6 Å². The molecule has 5 rings (SSSR count). The molecule has 41 heavy (non-hydrogen) atoms. The number of rotatable bonds is 8. The molecule has 1 aromatic carbocycles. The number of urea groups is 2. The molecule has 0 radical (unpaired) electrons. The molecule has 2 aromatic rings. The lowest BCUT2D eigenvalue weighted by Crippen LogP contribution is -2.74. The Morgan fingerprint density at radius 3 is 2.44 bits per heavy atom. The lowest BCUT2D eigenvalue weighted by molar-refractivity contribution is -0.149. The van der Waals surface area contributed by atoms with Gasteiger partial charge in [0.15, 0.2) is 0 Å². The van der Waals surface area contributed by atoms with Crippen LogP contribution in [0.25, 0.3) is 0 Å². The Morgan fingerprint density at radius 1 is 1.05 bits per heavy atom. The molecule has 2 aliphatic heterocycles. The van der Waals surface area contributed by atoms with E-state index in [0.29, 0.717) is 28.5 Å². The van der Waals surface area contributed by atoms with Crippen molar-refractivity contribution < 1.29 is 36.6 Å². The van der Waals surface area contributed by atoms with Crippen molar-refractivity contribution in [3.8, 4) is 0 Å². The third kappa shape index (κ3) is 5.95. The molecule has 3 N–H and O–H groups in total. The zero-order valence-corrected chi connectivity index (χ0v) is 22.8. The average molecular weight is 587 g/mol. The lowest BCUT2D eigenvalue weighted by atomic mass is 9.77. The van der Waals surface area contributed by atoms with Crippen LogP contribution in [0, 0.1) is 5.92 Å². The quantitative estimate of drug-likeness (QED) is 0.238. The highest BCUT2D eigenvalue weighted by atomic mass is 32.2. The van der Waals surface area contributed by atoms with E-state index in [4.69, 9.17) is 4.42 Å². The van der Waals surface area contributed by atoms with Crippen LogP contribution in [-0.2, 0) is 19.9 Å². The first kappa shape index (κ1) is 28.3. The summed E-state index contributed by atoms with van der Waals surface area (Å²) in [6.07, 6.45) is 6.73. The molecule has 3 fully saturated rings. The summed E-state index contributed by atoms with van der Waals surface area (Å²) in [5.74, 6) is -1.52. The highest BCUT2D eigenvalue weighted by Crippen LogP contribution is 2.37. The minimum Gasteiger partial charge on any atom is -0.463 e. The maximum atomic E-state index is 13.6. The van der Waals surface area contributed by atoms with E-state index in [1.165, 1.54) is 12.5 Å². The minimum absolute atomic E-state index is 0.0114. The van der Waals surface area contributed by atoms with Crippen LogP contribution in [0.1, 0.15) is 49.5 Å². The van der Waals surface area contributed by atoms with E-state index >= 15 is 0 Å². The summed E-state index contributed by atoms with van der Waals surface area (Å²) in [7, 11) is -4.82. The fraction of sp³-hybridized carbons (Fsp3) is 0.423. The van der Waals surface area contributed by atoms with Gasteiger partial charge in [-0.3, -0.25) is 14.1 Å². The average Bonchev–Trinajstić information content (AvgIpc) is 3.61. The van der Waals surface area contributed by atoms with E-state index in [9.17, 15) is 32.1 Å². The highest BCUT2D eigenvalue weighted by Gasteiger charge is 2.57. The summed E-state index contributed by atoms with van der Waals surface area (Å²) < 4.78 is 39.2. The Balaban J connectivity index is 1.31. The molecule has 3 atom stereocenters. The number of hydrazone groups is 1. The number of hydrogen-bond donors (Lipinski definition) is 3. The summed E-state index contributed by atoms with van der Waals surface area (Å²) in [6, 6.07) is 6.56. The molecular formula is C26H30N6O8S. The third-order valence-electron chi connectivity index (χ3n) is 7.54. The van der Waals surface area contributed by atoms with Crippen molar-refractivity contribution in [1.82, 2.24) is 24.8 Å². The molecule has 1 saturated carbocycles. The molecule has 3 heterocycles. The molecule has 2 saturated heterocycles. The van der Waals surface area contributed by atoms with Crippen LogP contribution in [-0.4, -0.2) is 82.4 Å². The SMILES string of the molecule is O=C(N[C@@H]1C(=O)N(S(=O)(=O)O)[C@H]1C1CCCCC1)C(NC(=O)N1CCN(N=Cc2ccco2)C1=O)c1ccccc1. The highest BCUT2D eigenvalue weighted by molar-refractivity contribution is 7.84. The molecular weight excluding hydrogens is 556 g/mol. The van der Waals surface area contributed by atoms with Crippen molar-refractivity contribution in [2.75, 3.05) is 13.1 Å². The van der Waals surface area contributed by atoms with Crippen LogP contribution < -0.4 is 10.6 Å². The Hall–Kier alpha value is -4.24. The summed E-state index contributed by atoms with van der Waals surface area (Å²) >= 11 is 0. The number of carbonyl (C=O) groups is 4. The molecule has 1 unspecified atom stereocenters. The Bertz CT molecular complexity index is 1420. The minimum atomic E-state index is -4.82. The van der Waals surface area contributed by atoms with Crippen molar-refractivity contribution in [2.45, 2.75) is 50.2 Å². The number of carbonyl (C=O) groups excluding carboxylic acids is 4. The monoisotopic (exact) mass is 586 g/mol. The molecule has 1 aromatic heterocycles. The number of benzene rings is 1. The van der Waals surface area contributed by atoms with Crippen molar-refractivity contribution in [2.24, 2.45) is 11.0 Å². The number of β-lactam (4-membered cyclic amide) rings is 1. The predicted molar refractivity (Wildman–Crippen MR) is 144 cm³/mol. The van der Waals surface area contributed by atoms with Crippen molar-refractivity contribution in [1.29, 1.82) is 0 Å². The zero-order chi connectivity index (χ0) is 29.1. The maximum absolute atomic E-state index is 13.6. The Morgan fingerprint density at radius 2 is 1.78 bits per heavy atom. The second-order valence-electron chi connectivity index (χ2n) is 10.1. The molecule has 0 bridgehead atoms. The molecule has 218 valence electrons. The van der Waals surface area contributed by atoms with Gasteiger partial charge in [-0.05, 0) is 36.5 Å². The number of hydrogen-bond acceptors (Lipinski definition) is 8. The largest absolute Gasteiger partial charge is 0.463 e. The summed E-state index contributed by atoms with van der Waals surface area (Å²) in [5.41, 5.74) is 0.380. The van der Waals surface area contributed by atoms with E-state index < -0.39 is 52.3 Å². The van der Waals surface area contributed by atoms with Crippen LogP contribution in [0.3, 0.4) is 0 Å². The van der Waals surface area contributed by atoms with Crippen LogP contribution in [0.4, 0.5) is 9.59 Å². The number of nitrogens with zero attached hydrogens (tertiary/aromatic N) is 4. The fourth-order valence-electron chi connectivity index (χ4n) is 5.53. The fourth-order valence-corrected chi connectivity index (χ4v) is 6.48. The van der Waals surface area contributed by atoms with Crippen LogP contribution >= 0.6 is 0 Å². The van der Waals surface area contributed by atoms with E-state index in [2.05, 4.69) is 15.7 Å². The summed E-state index contributed by atoms with van der Waals surface area (Å²) in [4.78, 5) is 53.3. The molecule has 15 heteroatoms. The van der Waals surface area contributed by atoms with Gasteiger partial charge in [-0.25, -0.2) is 23.8 Å². The topological polar surface area (TPSA) is 182 Å². The second kappa shape index (κ2) is 11.7. The van der Waals surface area contributed by atoms with Gasteiger partial charge < -0.3 is 15.1 Å². The summed E-state index contributed by atoms with van der Waals surface area (Å²) in [6.45, 7) is 0.133. The number of amides is 6. The van der Waals surface area contributed by atoms with E-state index in [0.717, 1.165) is 29.2 Å². The number of imide groups is 1. The third-order valence-corrected chi connectivity index (χ3v) is 8.46. The first-order chi connectivity index (χ1) is 19.6. The van der Waals surface area contributed by atoms with Gasteiger partial charge in [0.2, 0.25) is 5.91 Å². The van der Waals surface area contributed by atoms with Crippen LogP contribution in [0.15, 0.2) is 58.2 Å². The standard InChI is InChI=1S/C26H30N6O8S/c33-23(28-21-22(18-10-5-2-6-11-18)32(24(21)34)41(37,38)39)20(17-8-3-1-4-9-17)29-25(35)30-13-14-31(26(30)36)27-16-19-12-7-15-40-19/h1,3-4,7-9,12,15-16,18,20-22H,2,5-6,10-11,13-14H2,(H,28,33)(H,29,35)(H,37,38,39)/t20?,21-,22-/m0/s1. The van der Waals surface area contributed by atoms with Gasteiger partial charge in [0.1, 0.15) is 17.8 Å². The summed E-state index contributed by atoms with van der Waals surface area (Å²) in [5, 5.41) is 10.3. The normalized spacial score (nSPS) is 22.6. The predicted octanol–water partition coefficient (Wildman–Crippen LogP) is 1.88. The lowest BCUT2D eigenvalue weighted by Gasteiger charge is -2.49. The van der Waals surface area contributed by atoms with E-state index in [1.807, 2.05) is 0 Å². The maximum Gasteiger partial charge on any atom is 0.362 e. The van der Waals surface area contributed by atoms with Gasteiger partial charge in [0, 0.05) is 0 Å². The zero-order valence-electron chi connectivity index (χ0n) is 22.0. The van der Waals surface area contributed by atoms with Crippen molar-refractivity contribution in [3.05, 3.63) is 60.1 Å². The van der Waals surface area contributed by atoms with Crippen molar-refractivity contribution >= 4 is 40.4 Å². The van der Waals surface area contributed by atoms with Gasteiger partial charge in [-0.2, -0.15) is 13.5 Å². The van der Waals surface area contributed by atoms with E-state index in [1.54, 1.807) is 42.5 Å². The van der Waals surface area contributed by atoms with Gasteiger partial charge in [0.25, 0.3) is 5.91 Å². The molecule has 3 aliphatic rings. The van der Waals surface area contributed by atoms with Gasteiger partial charge in [-0.15, -0.1) is 0 Å². The molecule has 0 spiro atoms.